The standard InChI is InChI=1S/C17H22FNO3/c18-14-10-11(19-17(21)13-6-3-7-15(13)20)8-9-16(14)22-12-4-1-2-5-12/h8-10,12-13,15,20H,1-7H2,(H,19,21). The maximum Gasteiger partial charge on any atom is 0.230 e. The molecule has 1 aromatic rings. The molecule has 2 aliphatic carbocycles. The molecule has 5 heteroatoms. The van der Waals surface area contributed by atoms with Gasteiger partial charge in [-0.1, -0.05) is 0 Å². The van der Waals surface area contributed by atoms with Crippen molar-refractivity contribution in [1.82, 2.24) is 0 Å². The number of carbonyl (C=O) groups is 1. The van der Waals surface area contributed by atoms with Gasteiger partial charge in [-0.15, -0.1) is 0 Å². The summed E-state index contributed by atoms with van der Waals surface area (Å²) in [4.78, 5) is 12.1. The Hall–Kier alpha value is -1.62. The quantitative estimate of drug-likeness (QED) is 0.897. The van der Waals surface area contributed by atoms with Gasteiger partial charge in [-0.25, -0.2) is 4.39 Å². The van der Waals surface area contributed by atoms with Crippen molar-refractivity contribution in [2.75, 3.05) is 5.32 Å². The lowest BCUT2D eigenvalue weighted by atomic mass is 10.1. The number of rotatable bonds is 4. The third kappa shape index (κ3) is 3.40. The number of hydrogen-bond acceptors (Lipinski definition) is 3. The minimum Gasteiger partial charge on any atom is -0.487 e. The fraction of sp³-hybridized carbons (Fsp3) is 0.588. The molecule has 2 aliphatic rings. The van der Waals surface area contributed by atoms with Gasteiger partial charge in [0.25, 0.3) is 0 Å². The number of aliphatic hydroxyl groups is 1. The largest absolute Gasteiger partial charge is 0.487 e. The van der Waals surface area contributed by atoms with E-state index in [0.717, 1.165) is 32.1 Å². The van der Waals surface area contributed by atoms with Gasteiger partial charge >= 0.3 is 0 Å². The van der Waals surface area contributed by atoms with Crippen LogP contribution in [0.2, 0.25) is 0 Å². The van der Waals surface area contributed by atoms with Gasteiger partial charge in [0.2, 0.25) is 5.91 Å². The summed E-state index contributed by atoms with van der Waals surface area (Å²) in [6.07, 6.45) is 5.89. The van der Waals surface area contributed by atoms with E-state index in [2.05, 4.69) is 5.32 Å². The Morgan fingerprint density at radius 1 is 1.18 bits per heavy atom. The molecule has 0 spiro atoms. The summed E-state index contributed by atoms with van der Waals surface area (Å²) < 4.78 is 19.7. The molecule has 0 bridgehead atoms. The molecule has 0 aliphatic heterocycles. The van der Waals surface area contributed by atoms with E-state index in [1.165, 1.54) is 6.07 Å². The average Bonchev–Trinajstić information content (AvgIpc) is 3.13. The number of aliphatic hydroxyl groups excluding tert-OH is 1. The third-order valence-corrected chi connectivity index (χ3v) is 4.61. The number of hydrogen-bond donors (Lipinski definition) is 2. The van der Waals surface area contributed by atoms with Crippen LogP contribution in [-0.4, -0.2) is 23.2 Å². The van der Waals surface area contributed by atoms with E-state index in [9.17, 15) is 14.3 Å². The van der Waals surface area contributed by atoms with Crippen LogP contribution in [0.4, 0.5) is 10.1 Å². The Kier molecular flexibility index (Phi) is 4.62. The number of ether oxygens (including phenoxy) is 1. The highest BCUT2D eigenvalue weighted by atomic mass is 19.1. The van der Waals surface area contributed by atoms with Crippen molar-refractivity contribution in [1.29, 1.82) is 0 Å². The molecule has 2 saturated carbocycles. The minimum absolute atomic E-state index is 0.101. The second kappa shape index (κ2) is 6.65. The second-order valence-corrected chi connectivity index (χ2v) is 6.26. The van der Waals surface area contributed by atoms with Crippen LogP contribution in [0.3, 0.4) is 0 Å². The Bertz CT molecular complexity index is 543. The van der Waals surface area contributed by atoms with E-state index in [1.807, 2.05) is 0 Å². The van der Waals surface area contributed by atoms with Gasteiger partial charge in [0.05, 0.1) is 18.1 Å². The summed E-state index contributed by atoms with van der Waals surface area (Å²) >= 11 is 0. The molecule has 22 heavy (non-hydrogen) atoms. The zero-order valence-corrected chi connectivity index (χ0v) is 12.6. The van der Waals surface area contributed by atoms with Crippen molar-refractivity contribution in [2.45, 2.75) is 57.2 Å². The van der Waals surface area contributed by atoms with Crippen molar-refractivity contribution in [2.24, 2.45) is 5.92 Å². The SMILES string of the molecule is O=C(Nc1ccc(OC2CCCC2)c(F)c1)C1CCCC1O. The third-order valence-electron chi connectivity index (χ3n) is 4.61. The molecule has 2 atom stereocenters. The molecule has 0 aromatic heterocycles. The van der Waals surface area contributed by atoms with Gasteiger partial charge in [0.15, 0.2) is 11.6 Å². The lowest BCUT2D eigenvalue weighted by Gasteiger charge is -2.16. The lowest BCUT2D eigenvalue weighted by molar-refractivity contribution is -0.122. The molecule has 2 fully saturated rings. The number of anilines is 1. The first-order chi connectivity index (χ1) is 10.6. The molecule has 4 nitrogen and oxygen atoms in total. The van der Waals surface area contributed by atoms with Crippen LogP contribution >= 0.6 is 0 Å². The monoisotopic (exact) mass is 307 g/mol. The van der Waals surface area contributed by atoms with Crippen LogP contribution in [0.15, 0.2) is 18.2 Å². The maximum absolute atomic E-state index is 14.1. The molecule has 0 saturated heterocycles. The van der Waals surface area contributed by atoms with E-state index >= 15 is 0 Å². The van der Waals surface area contributed by atoms with Crippen LogP contribution < -0.4 is 10.1 Å². The molecule has 2 N–H and O–H groups in total. The van der Waals surface area contributed by atoms with E-state index in [1.54, 1.807) is 12.1 Å². The molecule has 0 heterocycles. The summed E-state index contributed by atoms with van der Waals surface area (Å²) in [5.41, 5.74) is 0.403. The predicted octanol–water partition coefficient (Wildman–Crippen LogP) is 3.25. The summed E-state index contributed by atoms with van der Waals surface area (Å²) in [6, 6.07) is 4.49. The molecular weight excluding hydrogens is 285 g/mol. The van der Waals surface area contributed by atoms with E-state index in [0.29, 0.717) is 18.5 Å². The van der Waals surface area contributed by atoms with E-state index < -0.39 is 17.8 Å². The normalized spacial score (nSPS) is 25.4. The number of benzene rings is 1. The van der Waals surface area contributed by atoms with Gasteiger partial charge in [-0.3, -0.25) is 4.79 Å². The predicted molar refractivity (Wildman–Crippen MR) is 81.3 cm³/mol. The van der Waals surface area contributed by atoms with Gasteiger partial charge in [-0.05, 0) is 57.1 Å². The smallest absolute Gasteiger partial charge is 0.230 e. The molecule has 3 rings (SSSR count). The van der Waals surface area contributed by atoms with Crippen molar-refractivity contribution in [3.05, 3.63) is 24.0 Å². The van der Waals surface area contributed by atoms with Crippen LogP contribution in [0.5, 0.6) is 5.75 Å². The number of halogens is 1. The molecular formula is C17H22FNO3. The molecule has 0 radical (unpaired) electrons. The second-order valence-electron chi connectivity index (χ2n) is 6.26. The van der Waals surface area contributed by atoms with Gasteiger partial charge in [0, 0.05) is 11.8 Å². The number of amides is 1. The lowest BCUT2D eigenvalue weighted by Crippen LogP contribution is -2.28. The highest BCUT2D eigenvalue weighted by Crippen LogP contribution is 2.29. The van der Waals surface area contributed by atoms with Crippen LogP contribution in [0.1, 0.15) is 44.9 Å². The summed E-state index contributed by atoms with van der Waals surface area (Å²) in [5.74, 6) is -0.853. The molecule has 120 valence electrons. The van der Waals surface area contributed by atoms with Crippen molar-refractivity contribution >= 4 is 11.6 Å². The van der Waals surface area contributed by atoms with Crippen molar-refractivity contribution in [3.63, 3.8) is 0 Å². The van der Waals surface area contributed by atoms with Crippen LogP contribution in [0.25, 0.3) is 0 Å². The van der Waals surface area contributed by atoms with Crippen molar-refractivity contribution in [3.8, 4) is 5.75 Å². The Morgan fingerprint density at radius 3 is 2.59 bits per heavy atom. The van der Waals surface area contributed by atoms with Crippen LogP contribution in [-0.2, 0) is 4.79 Å². The zero-order chi connectivity index (χ0) is 15.5. The number of nitrogens with one attached hydrogen (secondary N) is 1. The first-order valence-electron chi connectivity index (χ1n) is 8.08. The first-order valence-corrected chi connectivity index (χ1v) is 8.08. The maximum atomic E-state index is 14.1. The van der Waals surface area contributed by atoms with Gasteiger partial charge in [0.1, 0.15) is 0 Å². The first kappa shape index (κ1) is 15.3. The fourth-order valence-electron chi connectivity index (χ4n) is 3.34. The summed E-state index contributed by atoms with van der Waals surface area (Å²) in [7, 11) is 0. The fourth-order valence-corrected chi connectivity index (χ4v) is 3.34. The van der Waals surface area contributed by atoms with Gasteiger partial charge in [-0.2, -0.15) is 0 Å². The van der Waals surface area contributed by atoms with Crippen LogP contribution in [0, 0.1) is 11.7 Å². The molecule has 2 unspecified atom stereocenters. The Morgan fingerprint density at radius 2 is 1.95 bits per heavy atom. The summed E-state index contributed by atoms with van der Waals surface area (Å²) in [5, 5.41) is 12.4. The Labute approximate surface area is 129 Å². The molecule has 1 amide bonds. The highest BCUT2D eigenvalue weighted by Gasteiger charge is 2.31. The van der Waals surface area contributed by atoms with E-state index in [4.69, 9.17) is 4.74 Å². The van der Waals surface area contributed by atoms with Crippen molar-refractivity contribution < 1.29 is 19.0 Å². The Balaban J connectivity index is 1.62. The highest BCUT2D eigenvalue weighted by molar-refractivity contribution is 5.93. The zero-order valence-electron chi connectivity index (χ0n) is 12.6. The average molecular weight is 307 g/mol. The van der Waals surface area contributed by atoms with Gasteiger partial charge < -0.3 is 15.2 Å². The number of carbonyl (C=O) groups excluding carboxylic acids is 1. The summed E-state index contributed by atoms with van der Waals surface area (Å²) in [6.45, 7) is 0. The minimum atomic E-state index is -0.588. The topological polar surface area (TPSA) is 58.6 Å². The molecule has 1 aromatic carbocycles. The van der Waals surface area contributed by atoms with E-state index in [-0.39, 0.29) is 17.8 Å².